The van der Waals surface area contributed by atoms with Crippen molar-refractivity contribution in [2.24, 2.45) is 7.05 Å². The molecule has 0 saturated carbocycles. The Bertz CT molecular complexity index is 1030. The van der Waals surface area contributed by atoms with Crippen LogP contribution in [0.25, 0.3) is 11.0 Å². The molecule has 1 amide bonds. The second-order valence-corrected chi connectivity index (χ2v) is 6.61. The molecule has 1 saturated heterocycles. The number of likely N-dealkylation sites (tertiary alicyclic amines) is 1. The van der Waals surface area contributed by atoms with Crippen molar-refractivity contribution in [3.8, 4) is 6.07 Å². The van der Waals surface area contributed by atoms with Crippen LogP contribution in [0.1, 0.15) is 40.6 Å². The summed E-state index contributed by atoms with van der Waals surface area (Å²) in [4.78, 5) is 19.2. The number of aryl methyl sites for hydroxylation is 1. The molecule has 3 aromatic rings. The van der Waals surface area contributed by atoms with Crippen LogP contribution >= 0.6 is 0 Å². The van der Waals surface area contributed by atoms with Crippen molar-refractivity contribution in [2.45, 2.75) is 18.9 Å². The topological polar surface area (TPSA) is 103 Å². The van der Waals surface area contributed by atoms with Crippen molar-refractivity contribution in [2.75, 3.05) is 18.9 Å². The van der Waals surface area contributed by atoms with Gasteiger partial charge >= 0.3 is 0 Å². The minimum absolute atomic E-state index is 0.282. The van der Waals surface area contributed by atoms with Crippen molar-refractivity contribution in [1.82, 2.24) is 24.6 Å². The quantitative estimate of drug-likeness (QED) is 0.754. The van der Waals surface area contributed by atoms with Crippen LogP contribution in [0, 0.1) is 11.3 Å². The first-order chi connectivity index (χ1) is 12.6. The molecular formula is C18H19N7O. The van der Waals surface area contributed by atoms with Crippen LogP contribution in [0.3, 0.4) is 0 Å². The fourth-order valence-corrected chi connectivity index (χ4v) is 3.46. The normalized spacial score (nSPS) is 17.5. The number of amides is 1. The maximum atomic E-state index is 12.6. The van der Waals surface area contributed by atoms with Gasteiger partial charge in [-0.2, -0.15) is 10.4 Å². The number of carbonyl (C=O) groups is 1. The molecular weight excluding hydrogens is 330 g/mol. The third kappa shape index (κ3) is 2.72. The zero-order valence-electron chi connectivity index (χ0n) is 14.7. The van der Waals surface area contributed by atoms with Gasteiger partial charge in [0.25, 0.3) is 5.91 Å². The summed E-state index contributed by atoms with van der Waals surface area (Å²) in [7, 11) is 3.88. The van der Waals surface area contributed by atoms with E-state index in [1.807, 2.05) is 0 Å². The lowest BCUT2D eigenvalue weighted by atomic mass is 10.1. The summed E-state index contributed by atoms with van der Waals surface area (Å²) >= 11 is 0. The summed E-state index contributed by atoms with van der Waals surface area (Å²) in [6.45, 7) is 1.05. The molecule has 4 rings (SSSR count). The van der Waals surface area contributed by atoms with Crippen LogP contribution in [0.2, 0.25) is 0 Å². The highest BCUT2D eigenvalue weighted by Crippen LogP contribution is 2.29. The molecule has 1 aliphatic rings. The molecule has 1 atom stereocenters. The first-order valence-corrected chi connectivity index (χ1v) is 8.50. The number of anilines is 1. The number of H-pyrrole nitrogens is 1. The minimum atomic E-state index is -0.313. The van der Waals surface area contributed by atoms with E-state index in [-0.39, 0.29) is 11.9 Å². The second-order valence-electron chi connectivity index (χ2n) is 6.61. The van der Waals surface area contributed by atoms with Crippen LogP contribution in [0.15, 0.2) is 24.3 Å². The molecule has 1 aliphatic heterocycles. The summed E-state index contributed by atoms with van der Waals surface area (Å²) in [5, 5.41) is 19.0. The van der Waals surface area contributed by atoms with Gasteiger partial charge in [0.05, 0.1) is 34.4 Å². The number of rotatable bonds is 3. The molecule has 8 nitrogen and oxygen atoms in total. The number of benzene rings is 1. The van der Waals surface area contributed by atoms with Crippen molar-refractivity contribution in [1.29, 1.82) is 5.26 Å². The average Bonchev–Trinajstić information content (AvgIpc) is 3.35. The van der Waals surface area contributed by atoms with Gasteiger partial charge in [-0.15, -0.1) is 0 Å². The predicted octanol–water partition coefficient (Wildman–Crippen LogP) is 2.19. The number of aromatic amines is 1. The van der Waals surface area contributed by atoms with Crippen LogP contribution in [-0.4, -0.2) is 44.1 Å². The average molecular weight is 349 g/mol. The highest BCUT2D eigenvalue weighted by atomic mass is 16.2. The number of hydrogen-bond donors (Lipinski definition) is 2. The standard InChI is InChI=1S/C18H19N7O/c1-24-7-3-4-15(24)13-9-14(23-22-13)17(26)21-18-20-12-6-5-11(10-19)8-16(12)25(18)2/h5-6,8-9,15H,3-4,7H2,1-2H3,(H,22,23)(H,20,21,26). The monoisotopic (exact) mass is 349 g/mol. The third-order valence-electron chi connectivity index (χ3n) is 4.95. The van der Waals surface area contributed by atoms with E-state index < -0.39 is 0 Å². The van der Waals surface area contributed by atoms with Crippen LogP contribution in [-0.2, 0) is 7.05 Å². The van der Waals surface area contributed by atoms with Crippen molar-refractivity contribution in [3.05, 3.63) is 41.2 Å². The van der Waals surface area contributed by atoms with Gasteiger partial charge in [0.2, 0.25) is 5.95 Å². The molecule has 3 heterocycles. The number of nitrogens with zero attached hydrogens (tertiary/aromatic N) is 5. The zero-order chi connectivity index (χ0) is 18.3. The molecule has 1 fully saturated rings. The van der Waals surface area contributed by atoms with Gasteiger partial charge in [-0.3, -0.25) is 20.1 Å². The highest BCUT2D eigenvalue weighted by Gasteiger charge is 2.25. The predicted molar refractivity (Wildman–Crippen MR) is 96.6 cm³/mol. The number of nitrogens with one attached hydrogen (secondary N) is 2. The van der Waals surface area contributed by atoms with Crippen molar-refractivity contribution in [3.63, 3.8) is 0 Å². The molecule has 1 unspecified atom stereocenters. The Morgan fingerprint density at radius 3 is 2.96 bits per heavy atom. The number of nitriles is 1. The Morgan fingerprint density at radius 1 is 1.38 bits per heavy atom. The zero-order valence-corrected chi connectivity index (χ0v) is 14.7. The van der Waals surface area contributed by atoms with E-state index in [9.17, 15) is 4.79 Å². The van der Waals surface area contributed by atoms with E-state index in [2.05, 4.69) is 38.5 Å². The molecule has 1 aromatic carbocycles. The van der Waals surface area contributed by atoms with Gasteiger partial charge in [-0.1, -0.05) is 0 Å². The molecule has 0 radical (unpaired) electrons. The molecule has 26 heavy (non-hydrogen) atoms. The summed E-state index contributed by atoms with van der Waals surface area (Å²) in [6.07, 6.45) is 2.21. The van der Waals surface area contributed by atoms with E-state index in [1.54, 1.807) is 35.9 Å². The lowest BCUT2D eigenvalue weighted by Crippen LogP contribution is -2.17. The first-order valence-electron chi connectivity index (χ1n) is 8.50. The van der Waals surface area contributed by atoms with E-state index in [0.29, 0.717) is 17.2 Å². The maximum Gasteiger partial charge on any atom is 0.278 e. The Balaban J connectivity index is 1.57. The SMILES string of the molecule is CN1CCCC1c1cc(C(=O)Nc2nc3ccc(C#N)cc3n2C)n[nH]1. The molecule has 2 aromatic heterocycles. The fourth-order valence-electron chi connectivity index (χ4n) is 3.46. The molecule has 8 heteroatoms. The second kappa shape index (κ2) is 6.28. The van der Waals surface area contributed by atoms with Crippen LogP contribution < -0.4 is 5.32 Å². The Hall–Kier alpha value is -3.18. The fraction of sp³-hybridized carbons (Fsp3) is 0.333. The third-order valence-corrected chi connectivity index (χ3v) is 4.95. The number of hydrogen-bond acceptors (Lipinski definition) is 5. The maximum absolute atomic E-state index is 12.6. The smallest absolute Gasteiger partial charge is 0.278 e. The van der Waals surface area contributed by atoms with Crippen LogP contribution in [0.5, 0.6) is 0 Å². The molecule has 0 bridgehead atoms. The summed E-state index contributed by atoms with van der Waals surface area (Å²) in [6, 6.07) is 9.42. The van der Waals surface area contributed by atoms with Gasteiger partial charge < -0.3 is 4.57 Å². The number of aromatic nitrogens is 4. The summed E-state index contributed by atoms with van der Waals surface area (Å²) in [5.74, 6) is 0.106. The van der Waals surface area contributed by atoms with Gasteiger partial charge in [0.15, 0.2) is 5.69 Å². The number of carbonyl (C=O) groups excluding carboxylic acids is 1. The van der Waals surface area contributed by atoms with Crippen molar-refractivity contribution >= 4 is 22.9 Å². The molecule has 2 N–H and O–H groups in total. The van der Waals surface area contributed by atoms with Gasteiger partial charge in [0, 0.05) is 7.05 Å². The van der Waals surface area contributed by atoms with Crippen LogP contribution in [0.4, 0.5) is 5.95 Å². The van der Waals surface area contributed by atoms with Gasteiger partial charge in [0.1, 0.15) is 0 Å². The Labute approximate surface area is 150 Å². The first kappa shape index (κ1) is 16.3. The van der Waals surface area contributed by atoms with E-state index in [4.69, 9.17) is 5.26 Å². The van der Waals surface area contributed by atoms with Crippen molar-refractivity contribution < 1.29 is 4.79 Å². The van der Waals surface area contributed by atoms with E-state index in [1.165, 1.54) is 0 Å². The van der Waals surface area contributed by atoms with E-state index in [0.717, 1.165) is 36.1 Å². The molecule has 0 aliphatic carbocycles. The molecule has 0 spiro atoms. The minimum Gasteiger partial charge on any atom is -0.313 e. The molecule has 132 valence electrons. The largest absolute Gasteiger partial charge is 0.313 e. The van der Waals surface area contributed by atoms with Gasteiger partial charge in [-0.25, -0.2) is 4.98 Å². The number of imidazole rings is 1. The van der Waals surface area contributed by atoms with Gasteiger partial charge in [-0.05, 0) is 50.7 Å². The Kier molecular flexibility index (Phi) is 3.93. The summed E-state index contributed by atoms with van der Waals surface area (Å²) < 4.78 is 1.76. The highest BCUT2D eigenvalue weighted by molar-refractivity contribution is 6.02. The van der Waals surface area contributed by atoms with E-state index >= 15 is 0 Å². The summed E-state index contributed by atoms with van der Waals surface area (Å²) in [5.41, 5.74) is 3.35. The number of fused-ring (bicyclic) bond motifs is 1. The Morgan fingerprint density at radius 2 is 2.23 bits per heavy atom. The lowest BCUT2D eigenvalue weighted by molar-refractivity contribution is 0.102. The lowest BCUT2D eigenvalue weighted by Gasteiger charge is -2.16.